The van der Waals surface area contributed by atoms with E-state index in [4.69, 9.17) is 4.74 Å². The number of nitrogens with zero attached hydrogens (tertiary/aromatic N) is 3. The number of hydrogen-bond donors (Lipinski definition) is 0. The van der Waals surface area contributed by atoms with E-state index in [2.05, 4.69) is 62.6 Å². The van der Waals surface area contributed by atoms with Gasteiger partial charge in [0.1, 0.15) is 5.75 Å². The Balaban J connectivity index is 1.82. The molecule has 7 heteroatoms. The van der Waals surface area contributed by atoms with Crippen LogP contribution < -0.4 is 4.74 Å². The van der Waals surface area contributed by atoms with Gasteiger partial charge in [0, 0.05) is 18.3 Å². The number of aromatic nitrogens is 2. The number of carbonyl (C=O) groups is 1. The average molecular weight is 565 g/mol. The first-order chi connectivity index (χ1) is 15.5. The highest BCUT2D eigenvalue weighted by atomic mass is 79.9. The van der Waals surface area contributed by atoms with E-state index in [0.717, 1.165) is 71.2 Å². The summed E-state index contributed by atoms with van der Waals surface area (Å²) in [7, 11) is 0. The zero-order chi connectivity index (χ0) is 23.1. The highest BCUT2D eigenvalue weighted by molar-refractivity contribution is 9.11. The Hall–Kier alpha value is -1.70. The van der Waals surface area contributed by atoms with Crippen molar-refractivity contribution in [1.82, 2.24) is 14.5 Å². The quantitative estimate of drug-likeness (QED) is 0.185. The Morgan fingerprint density at radius 3 is 2.47 bits per heavy atom. The van der Waals surface area contributed by atoms with Crippen LogP contribution in [0.15, 0.2) is 45.5 Å². The van der Waals surface area contributed by atoms with Gasteiger partial charge in [-0.1, -0.05) is 33.3 Å². The second-order valence-electron chi connectivity index (χ2n) is 7.78. The third-order valence-corrected chi connectivity index (χ3v) is 6.80. The van der Waals surface area contributed by atoms with Crippen LogP contribution in [0.2, 0.25) is 0 Å². The van der Waals surface area contributed by atoms with E-state index >= 15 is 0 Å². The van der Waals surface area contributed by atoms with Gasteiger partial charge in [-0.2, -0.15) is 5.10 Å². The number of ether oxygens (including phenoxy) is 1. The maximum Gasteiger partial charge on any atom is 0.197 e. The molecular weight excluding hydrogens is 534 g/mol. The smallest absolute Gasteiger partial charge is 0.197 e. The Morgan fingerprint density at radius 1 is 1.09 bits per heavy atom. The molecule has 0 N–H and O–H groups in total. The Kier molecular flexibility index (Phi) is 9.32. The second-order valence-corrected chi connectivity index (χ2v) is 9.49. The van der Waals surface area contributed by atoms with Gasteiger partial charge < -0.3 is 9.64 Å². The molecule has 3 rings (SSSR count). The van der Waals surface area contributed by atoms with Crippen LogP contribution in [-0.4, -0.2) is 46.5 Å². The van der Waals surface area contributed by atoms with Crippen LogP contribution in [0, 0.1) is 0 Å². The van der Waals surface area contributed by atoms with Crippen LogP contribution >= 0.6 is 31.9 Å². The van der Waals surface area contributed by atoms with Gasteiger partial charge in [-0.15, -0.1) is 0 Å². The number of carbonyl (C=O) groups excluding carboxylic acids is 1. The molecule has 0 aliphatic heterocycles. The van der Waals surface area contributed by atoms with E-state index < -0.39 is 0 Å². The molecule has 0 spiro atoms. The predicted molar refractivity (Wildman–Crippen MR) is 137 cm³/mol. The first kappa shape index (κ1) is 24.9. The number of pyridine rings is 1. The molecule has 0 radical (unpaired) electrons. The number of ketones is 1. The standard InChI is InChI=1S/C25H31Br2N3O2/c1-4-7-11-21-23(22-12-8-9-14-30(22)28-21)24(31)18-16-19(26)25(20(27)17-18)32-15-10-13-29(5-2)6-3/h8-9,12,14,16-17H,4-7,10-11,13,15H2,1-3H3. The number of hydrogen-bond acceptors (Lipinski definition) is 4. The molecule has 0 atom stereocenters. The molecule has 0 aliphatic carbocycles. The number of benzene rings is 1. The van der Waals surface area contributed by atoms with Crippen LogP contribution in [0.1, 0.15) is 61.6 Å². The summed E-state index contributed by atoms with van der Waals surface area (Å²) >= 11 is 7.22. The van der Waals surface area contributed by atoms with E-state index in [9.17, 15) is 4.79 Å². The lowest BCUT2D eigenvalue weighted by Gasteiger charge is -2.18. The van der Waals surface area contributed by atoms with Crippen LogP contribution in [-0.2, 0) is 6.42 Å². The van der Waals surface area contributed by atoms with E-state index in [-0.39, 0.29) is 5.78 Å². The highest BCUT2D eigenvalue weighted by Crippen LogP contribution is 2.36. The molecule has 0 bridgehead atoms. The molecule has 5 nitrogen and oxygen atoms in total. The summed E-state index contributed by atoms with van der Waals surface area (Å²) in [4.78, 5) is 16.0. The first-order valence-corrected chi connectivity index (χ1v) is 12.9. The number of aryl methyl sites for hydroxylation is 1. The molecule has 2 heterocycles. The lowest BCUT2D eigenvalue weighted by molar-refractivity contribution is 0.103. The van der Waals surface area contributed by atoms with Crippen molar-refractivity contribution in [3.8, 4) is 5.75 Å². The third-order valence-electron chi connectivity index (χ3n) is 5.63. The number of rotatable bonds is 12. The average Bonchev–Trinajstić information content (AvgIpc) is 3.16. The van der Waals surface area contributed by atoms with E-state index in [0.29, 0.717) is 17.7 Å². The first-order valence-electron chi connectivity index (χ1n) is 11.3. The van der Waals surface area contributed by atoms with Crippen LogP contribution in [0.3, 0.4) is 0 Å². The van der Waals surface area contributed by atoms with E-state index in [1.807, 2.05) is 36.5 Å². The summed E-state index contributed by atoms with van der Waals surface area (Å²) in [5, 5.41) is 4.68. The van der Waals surface area contributed by atoms with Gasteiger partial charge in [0.15, 0.2) is 5.78 Å². The molecule has 3 aromatic rings. The largest absolute Gasteiger partial charge is 0.491 e. The lowest BCUT2D eigenvalue weighted by Crippen LogP contribution is -2.25. The van der Waals surface area contributed by atoms with Gasteiger partial charge >= 0.3 is 0 Å². The highest BCUT2D eigenvalue weighted by Gasteiger charge is 2.22. The van der Waals surface area contributed by atoms with Crippen molar-refractivity contribution in [2.75, 3.05) is 26.2 Å². The van der Waals surface area contributed by atoms with Gasteiger partial charge in [-0.05, 0) is 88.5 Å². The molecule has 0 aliphatic rings. The van der Waals surface area contributed by atoms with Crippen LogP contribution in [0.25, 0.3) is 5.52 Å². The van der Waals surface area contributed by atoms with Crippen molar-refractivity contribution in [3.05, 3.63) is 62.3 Å². The molecule has 0 fully saturated rings. The summed E-state index contributed by atoms with van der Waals surface area (Å²) in [5.74, 6) is 0.707. The molecule has 2 aromatic heterocycles. The van der Waals surface area contributed by atoms with Crippen molar-refractivity contribution >= 4 is 43.2 Å². The fourth-order valence-electron chi connectivity index (χ4n) is 3.79. The van der Waals surface area contributed by atoms with Crippen LogP contribution in [0.5, 0.6) is 5.75 Å². The van der Waals surface area contributed by atoms with Crippen molar-refractivity contribution < 1.29 is 9.53 Å². The normalized spacial score (nSPS) is 11.4. The van der Waals surface area contributed by atoms with E-state index in [1.165, 1.54) is 0 Å². The summed E-state index contributed by atoms with van der Waals surface area (Å²) in [6, 6.07) is 9.52. The topological polar surface area (TPSA) is 46.8 Å². The minimum Gasteiger partial charge on any atom is -0.491 e. The second kappa shape index (κ2) is 12.0. The Bertz CT molecular complexity index is 1040. The van der Waals surface area contributed by atoms with Gasteiger partial charge in [-0.3, -0.25) is 4.79 Å². The fraction of sp³-hybridized carbons (Fsp3) is 0.440. The number of fused-ring (bicyclic) bond motifs is 1. The maximum atomic E-state index is 13.6. The monoisotopic (exact) mass is 563 g/mol. The zero-order valence-electron chi connectivity index (χ0n) is 19.0. The maximum absolute atomic E-state index is 13.6. The van der Waals surface area contributed by atoms with Gasteiger partial charge in [0.2, 0.25) is 0 Å². The van der Waals surface area contributed by atoms with Crippen molar-refractivity contribution in [3.63, 3.8) is 0 Å². The van der Waals surface area contributed by atoms with Crippen molar-refractivity contribution in [2.24, 2.45) is 0 Å². The van der Waals surface area contributed by atoms with Crippen LogP contribution in [0.4, 0.5) is 0 Å². The Morgan fingerprint density at radius 2 is 1.81 bits per heavy atom. The molecule has 1 aromatic carbocycles. The summed E-state index contributed by atoms with van der Waals surface area (Å²) in [6.45, 7) is 10.2. The number of halogens is 2. The molecule has 32 heavy (non-hydrogen) atoms. The zero-order valence-corrected chi connectivity index (χ0v) is 22.2. The van der Waals surface area contributed by atoms with Gasteiger partial charge in [0.25, 0.3) is 0 Å². The molecule has 0 saturated carbocycles. The summed E-state index contributed by atoms with van der Waals surface area (Å²) in [6.07, 6.45) is 5.68. The van der Waals surface area contributed by atoms with E-state index in [1.54, 1.807) is 4.52 Å². The minimum atomic E-state index is -0.0215. The molecule has 0 amide bonds. The molecule has 172 valence electrons. The van der Waals surface area contributed by atoms with Crippen molar-refractivity contribution in [2.45, 2.75) is 46.5 Å². The van der Waals surface area contributed by atoms with Gasteiger partial charge in [-0.25, -0.2) is 4.52 Å². The SMILES string of the molecule is CCCCc1nn2ccccc2c1C(=O)c1cc(Br)c(OCCCN(CC)CC)c(Br)c1. The number of unbranched alkanes of at least 4 members (excludes halogenated alkanes) is 1. The fourth-order valence-corrected chi connectivity index (χ4v) is 5.20. The summed E-state index contributed by atoms with van der Waals surface area (Å²) < 4.78 is 9.37. The predicted octanol–water partition coefficient (Wildman–Crippen LogP) is 6.54. The summed E-state index contributed by atoms with van der Waals surface area (Å²) in [5.41, 5.74) is 2.99. The third kappa shape index (κ3) is 5.80. The molecule has 0 unspecified atom stereocenters. The lowest BCUT2D eigenvalue weighted by atomic mass is 9.99. The van der Waals surface area contributed by atoms with Gasteiger partial charge in [0.05, 0.1) is 32.3 Å². The minimum absolute atomic E-state index is 0.0215. The Labute approximate surface area is 207 Å². The molecule has 0 saturated heterocycles. The van der Waals surface area contributed by atoms with Crippen molar-refractivity contribution in [1.29, 1.82) is 0 Å². The molecular formula is C25H31Br2N3O2.